The van der Waals surface area contributed by atoms with Crippen LogP contribution in [0.2, 0.25) is 0 Å². The zero-order valence-electron chi connectivity index (χ0n) is 30.2. The van der Waals surface area contributed by atoms with Crippen molar-refractivity contribution in [1.29, 1.82) is 0 Å². The molecule has 0 aliphatic carbocycles. The van der Waals surface area contributed by atoms with Crippen LogP contribution in [0.5, 0.6) is 0 Å². The summed E-state index contributed by atoms with van der Waals surface area (Å²) in [7, 11) is 7.33. The zero-order chi connectivity index (χ0) is 35.9. The Bertz CT molecular complexity index is 1060. The summed E-state index contributed by atoms with van der Waals surface area (Å²) in [5.74, 6) is -3.84. The number of likely N-dealkylation sites (N-methyl/N-ethyl adjacent to an activating group) is 4. The smallest absolute Gasteiger partial charge is 0.325 e. The molecule has 13 nitrogen and oxygen atoms in total. The van der Waals surface area contributed by atoms with Crippen molar-refractivity contribution in [2.45, 2.75) is 105 Å². The standard InChI is InChI=1S/C33H59N5O8/c1-14-16-17-22(7)29(46-23(8)39)28(30(41)35-24(15-2)31(42)36(10)19-26(40)45-13)38(12)33(44)27(21(5)6)37(11)32(43)25(34-9)18-20(3)4/h14,16,20-22,24-25,27-29,34H,15,17-19H2,1-13H3,(H,35,41)/b16-14+/t22-,24+,25+,27+,28+,29-/m1/s1. The maximum atomic E-state index is 14.3. The number of carbonyl (C=O) groups is 6. The van der Waals surface area contributed by atoms with E-state index in [1.807, 2.05) is 46.8 Å². The minimum Gasteiger partial charge on any atom is -0.468 e. The Morgan fingerprint density at radius 2 is 1.41 bits per heavy atom. The maximum absolute atomic E-state index is 14.3. The first-order valence-electron chi connectivity index (χ1n) is 16.0. The molecule has 0 bridgehead atoms. The Morgan fingerprint density at radius 1 is 0.848 bits per heavy atom. The predicted molar refractivity (Wildman–Crippen MR) is 176 cm³/mol. The quantitative estimate of drug-likeness (QED) is 0.157. The summed E-state index contributed by atoms with van der Waals surface area (Å²) in [6.45, 7) is 13.9. The van der Waals surface area contributed by atoms with Crippen LogP contribution in [-0.4, -0.2) is 122 Å². The van der Waals surface area contributed by atoms with Gasteiger partial charge in [0.15, 0.2) is 0 Å². The Labute approximate surface area is 275 Å². The van der Waals surface area contributed by atoms with Gasteiger partial charge >= 0.3 is 11.9 Å². The molecule has 0 saturated carbocycles. The minimum absolute atomic E-state index is 0.180. The van der Waals surface area contributed by atoms with Crippen LogP contribution in [0.25, 0.3) is 0 Å². The van der Waals surface area contributed by atoms with E-state index in [0.29, 0.717) is 12.8 Å². The van der Waals surface area contributed by atoms with E-state index in [4.69, 9.17) is 4.74 Å². The molecule has 0 radical (unpaired) electrons. The highest BCUT2D eigenvalue weighted by Gasteiger charge is 2.44. The number of allylic oxidation sites excluding steroid dienone is 2. The number of methoxy groups -OCH3 is 1. The molecule has 0 fully saturated rings. The Balaban J connectivity index is 6.86. The molecule has 46 heavy (non-hydrogen) atoms. The van der Waals surface area contributed by atoms with Gasteiger partial charge in [0.2, 0.25) is 23.6 Å². The van der Waals surface area contributed by atoms with E-state index in [-0.39, 0.29) is 30.7 Å². The van der Waals surface area contributed by atoms with Crippen LogP contribution < -0.4 is 10.6 Å². The molecular weight excluding hydrogens is 594 g/mol. The van der Waals surface area contributed by atoms with Gasteiger partial charge in [0, 0.05) is 28.1 Å². The lowest BCUT2D eigenvalue weighted by Crippen LogP contribution is -2.63. The highest BCUT2D eigenvalue weighted by Crippen LogP contribution is 2.24. The fourth-order valence-electron chi connectivity index (χ4n) is 5.35. The molecule has 0 saturated heterocycles. The second-order valence-corrected chi connectivity index (χ2v) is 12.6. The molecular formula is C33H59N5O8. The van der Waals surface area contributed by atoms with Gasteiger partial charge in [0.05, 0.1) is 13.2 Å². The minimum atomic E-state index is -1.36. The van der Waals surface area contributed by atoms with E-state index in [1.54, 1.807) is 27.9 Å². The molecule has 0 aromatic carbocycles. The largest absolute Gasteiger partial charge is 0.468 e. The summed E-state index contributed by atoms with van der Waals surface area (Å²) in [5.41, 5.74) is 0. The van der Waals surface area contributed by atoms with Gasteiger partial charge in [-0.2, -0.15) is 0 Å². The lowest BCUT2D eigenvalue weighted by Gasteiger charge is -2.40. The average Bonchev–Trinajstić information content (AvgIpc) is 2.99. The third-order valence-corrected chi connectivity index (χ3v) is 7.95. The predicted octanol–water partition coefficient (Wildman–Crippen LogP) is 1.99. The SMILES string of the molecule is C/C=C/C[C@@H](C)[C@@H](OC(C)=O)[C@@H](C(=O)N[C@@H](CC)C(=O)N(C)CC(=O)OC)N(C)C(=O)[C@H](C(C)C)N(C)C(=O)[C@H](CC(C)C)NC. The molecule has 0 spiro atoms. The van der Waals surface area contributed by atoms with E-state index in [9.17, 15) is 28.8 Å². The van der Waals surface area contributed by atoms with E-state index >= 15 is 0 Å². The Morgan fingerprint density at radius 3 is 1.85 bits per heavy atom. The fraction of sp³-hybridized carbons (Fsp3) is 0.758. The van der Waals surface area contributed by atoms with Crippen molar-refractivity contribution in [1.82, 2.24) is 25.3 Å². The van der Waals surface area contributed by atoms with Crippen LogP contribution in [0.3, 0.4) is 0 Å². The average molecular weight is 654 g/mol. The van der Waals surface area contributed by atoms with Crippen molar-refractivity contribution in [3.8, 4) is 0 Å². The number of ether oxygens (including phenoxy) is 2. The van der Waals surface area contributed by atoms with Crippen molar-refractivity contribution >= 4 is 35.6 Å². The zero-order valence-corrected chi connectivity index (χ0v) is 30.2. The van der Waals surface area contributed by atoms with Gasteiger partial charge in [0.1, 0.15) is 30.8 Å². The van der Waals surface area contributed by atoms with Gasteiger partial charge in [0.25, 0.3) is 0 Å². The van der Waals surface area contributed by atoms with Gasteiger partial charge in [-0.05, 0) is 51.0 Å². The molecule has 264 valence electrons. The van der Waals surface area contributed by atoms with E-state index in [0.717, 1.165) is 4.90 Å². The van der Waals surface area contributed by atoms with Crippen molar-refractivity contribution in [2.75, 3.05) is 41.8 Å². The maximum Gasteiger partial charge on any atom is 0.325 e. The van der Waals surface area contributed by atoms with Crippen LogP contribution in [0.4, 0.5) is 0 Å². The van der Waals surface area contributed by atoms with Gasteiger partial charge in [-0.25, -0.2) is 0 Å². The fourth-order valence-corrected chi connectivity index (χ4v) is 5.35. The van der Waals surface area contributed by atoms with Crippen LogP contribution in [0.1, 0.15) is 74.7 Å². The van der Waals surface area contributed by atoms with Crippen molar-refractivity contribution in [3.63, 3.8) is 0 Å². The number of nitrogens with one attached hydrogen (secondary N) is 2. The van der Waals surface area contributed by atoms with Crippen LogP contribution >= 0.6 is 0 Å². The first-order valence-corrected chi connectivity index (χ1v) is 16.0. The normalized spacial score (nSPS) is 15.4. The molecule has 0 unspecified atom stereocenters. The lowest BCUT2D eigenvalue weighted by atomic mass is 9.91. The number of hydrogen-bond donors (Lipinski definition) is 2. The summed E-state index contributed by atoms with van der Waals surface area (Å²) < 4.78 is 10.4. The first-order chi connectivity index (χ1) is 21.4. The number of rotatable bonds is 19. The number of hydrogen-bond acceptors (Lipinski definition) is 9. The van der Waals surface area contributed by atoms with Gasteiger partial charge in [-0.3, -0.25) is 28.8 Å². The van der Waals surface area contributed by atoms with E-state index < -0.39 is 65.8 Å². The summed E-state index contributed by atoms with van der Waals surface area (Å²) in [6.07, 6.45) is 3.78. The van der Waals surface area contributed by atoms with Crippen LogP contribution in [0.15, 0.2) is 12.2 Å². The van der Waals surface area contributed by atoms with Crippen LogP contribution in [-0.2, 0) is 38.2 Å². The summed E-state index contributed by atoms with van der Waals surface area (Å²) >= 11 is 0. The summed E-state index contributed by atoms with van der Waals surface area (Å²) in [5, 5.41) is 5.78. The van der Waals surface area contributed by atoms with Crippen molar-refractivity contribution < 1.29 is 38.2 Å². The molecule has 0 aliphatic rings. The Kier molecular flexibility index (Phi) is 19.0. The van der Waals surface area contributed by atoms with E-state index in [2.05, 4.69) is 15.4 Å². The molecule has 0 aliphatic heterocycles. The molecule has 0 heterocycles. The van der Waals surface area contributed by atoms with Gasteiger partial charge < -0.3 is 34.8 Å². The van der Waals surface area contributed by atoms with E-state index in [1.165, 1.54) is 37.9 Å². The molecule has 2 N–H and O–H groups in total. The van der Waals surface area contributed by atoms with Crippen LogP contribution in [0, 0.1) is 17.8 Å². The number of esters is 2. The third-order valence-electron chi connectivity index (χ3n) is 7.95. The second kappa shape index (κ2) is 20.6. The molecule has 0 rings (SSSR count). The third kappa shape index (κ3) is 12.7. The summed E-state index contributed by atoms with van der Waals surface area (Å²) in [6, 6.07) is -3.87. The van der Waals surface area contributed by atoms with Gasteiger partial charge in [-0.15, -0.1) is 0 Å². The topological polar surface area (TPSA) is 155 Å². The number of carbonyl (C=O) groups excluding carboxylic acids is 6. The lowest BCUT2D eigenvalue weighted by molar-refractivity contribution is -0.163. The monoisotopic (exact) mass is 653 g/mol. The molecule has 6 atom stereocenters. The number of amides is 4. The molecule has 0 aromatic heterocycles. The highest BCUT2D eigenvalue weighted by molar-refractivity contribution is 5.95. The second-order valence-electron chi connectivity index (χ2n) is 12.6. The number of nitrogens with zero attached hydrogens (tertiary/aromatic N) is 3. The molecule has 13 heteroatoms. The van der Waals surface area contributed by atoms with Gasteiger partial charge in [-0.1, -0.05) is 53.7 Å². The molecule has 0 aromatic rings. The van der Waals surface area contributed by atoms with Crippen molar-refractivity contribution in [2.24, 2.45) is 17.8 Å². The Hall–Kier alpha value is -3.48. The first kappa shape index (κ1) is 42.5. The highest BCUT2D eigenvalue weighted by atomic mass is 16.5. The molecule has 4 amide bonds. The summed E-state index contributed by atoms with van der Waals surface area (Å²) in [4.78, 5) is 83.2. The van der Waals surface area contributed by atoms with Crippen molar-refractivity contribution in [3.05, 3.63) is 12.2 Å².